The summed E-state index contributed by atoms with van der Waals surface area (Å²) in [5.41, 5.74) is -0.610. The molecule has 0 aliphatic rings. The van der Waals surface area contributed by atoms with Gasteiger partial charge in [0.05, 0.1) is 12.1 Å². The average molecular weight is 350 g/mol. The Hall–Kier alpha value is -0.783. The molecule has 1 rings (SSSR count). The summed E-state index contributed by atoms with van der Waals surface area (Å²) in [7, 11) is -0.527. The Labute approximate surface area is 136 Å². The van der Waals surface area contributed by atoms with E-state index in [0.29, 0.717) is 22.1 Å². The lowest BCUT2D eigenvalue weighted by molar-refractivity contribution is 0.405. The number of hydrogen-bond acceptors (Lipinski definition) is 4. The number of rotatable bonds is 5. The van der Waals surface area contributed by atoms with Crippen LogP contribution in [0.25, 0.3) is 0 Å². The Bertz CT molecular complexity index is 530. The first-order valence-corrected chi connectivity index (χ1v) is 10.3. The molecule has 1 aromatic carbocycles. The van der Waals surface area contributed by atoms with Crippen LogP contribution in [0.1, 0.15) is 31.8 Å². The second-order valence-corrected chi connectivity index (χ2v) is 11.9. The molecule has 1 atom stereocenters. The molecule has 0 amide bonds. The minimum absolute atomic E-state index is 0.0433. The highest BCUT2D eigenvalue weighted by Crippen LogP contribution is 2.43. The first-order valence-electron chi connectivity index (χ1n) is 6.56. The van der Waals surface area contributed by atoms with Gasteiger partial charge in [0, 0.05) is 11.6 Å². The standard InChI is InChI=1S/C14H21Cl2NO3Si/c1-14(2,3)21(5,6)20-12-8-11(19-4)9(7-10(12)15)13(16)17-18/h7-8,13H,1-6H3. The summed E-state index contributed by atoms with van der Waals surface area (Å²) in [6.07, 6.45) is 0. The van der Waals surface area contributed by atoms with Crippen LogP contribution in [0.3, 0.4) is 0 Å². The van der Waals surface area contributed by atoms with E-state index < -0.39 is 13.8 Å². The number of methoxy groups -OCH3 is 1. The first kappa shape index (κ1) is 18.3. The Kier molecular flexibility index (Phi) is 5.69. The fourth-order valence-corrected chi connectivity index (χ4v) is 2.95. The lowest BCUT2D eigenvalue weighted by Gasteiger charge is -2.36. The molecule has 0 N–H and O–H groups in total. The second-order valence-electron chi connectivity index (χ2n) is 6.33. The summed E-state index contributed by atoms with van der Waals surface area (Å²) >= 11 is 12.1. The van der Waals surface area contributed by atoms with E-state index in [1.807, 2.05) is 0 Å². The normalized spacial score (nSPS) is 13.7. The van der Waals surface area contributed by atoms with Crippen molar-refractivity contribution in [2.75, 3.05) is 7.11 Å². The van der Waals surface area contributed by atoms with Gasteiger partial charge >= 0.3 is 0 Å². The number of benzene rings is 1. The van der Waals surface area contributed by atoms with Gasteiger partial charge in [-0.05, 0) is 29.4 Å². The topological polar surface area (TPSA) is 47.9 Å². The van der Waals surface area contributed by atoms with Gasteiger partial charge in [-0.25, -0.2) is 0 Å². The van der Waals surface area contributed by atoms with Gasteiger partial charge in [-0.1, -0.05) is 44.0 Å². The SMILES string of the molecule is COc1cc(O[Si](C)(C)C(C)(C)C)c(Cl)cc1C(Cl)N=O. The van der Waals surface area contributed by atoms with E-state index in [-0.39, 0.29) is 5.04 Å². The summed E-state index contributed by atoms with van der Waals surface area (Å²) < 4.78 is 11.4. The van der Waals surface area contributed by atoms with E-state index in [4.69, 9.17) is 32.4 Å². The van der Waals surface area contributed by atoms with Crippen molar-refractivity contribution in [1.82, 2.24) is 0 Å². The summed E-state index contributed by atoms with van der Waals surface area (Å²) in [6, 6.07) is 3.24. The van der Waals surface area contributed by atoms with Gasteiger partial charge in [-0.3, -0.25) is 0 Å². The third-order valence-corrected chi connectivity index (χ3v) is 8.76. The van der Waals surface area contributed by atoms with Gasteiger partial charge in [0.1, 0.15) is 11.5 Å². The molecule has 0 saturated carbocycles. The van der Waals surface area contributed by atoms with Crippen LogP contribution in [-0.4, -0.2) is 15.4 Å². The molecule has 21 heavy (non-hydrogen) atoms. The van der Waals surface area contributed by atoms with Gasteiger partial charge in [-0.2, -0.15) is 0 Å². The Morgan fingerprint density at radius 2 is 1.81 bits per heavy atom. The molecule has 7 heteroatoms. The molecule has 0 bridgehead atoms. The van der Waals surface area contributed by atoms with Crippen LogP contribution < -0.4 is 9.16 Å². The van der Waals surface area contributed by atoms with Crippen LogP contribution in [0.5, 0.6) is 11.5 Å². The largest absolute Gasteiger partial charge is 0.542 e. The summed E-state index contributed by atoms with van der Waals surface area (Å²) in [5, 5.41) is 3.23. The molecule has 0 aliphatic heterocycles. The highest BCUT2D eigenvalue weighted by atomic mass is 35.5. The molecule has 0 heterocycles. The number of hydrogen-bond donors (Lipinski definition) is 0. The Balaban J connectivity index is 3.25. The lowest BCUT2D eigenvalue weighted by atomic mass is 10.2. The van der Waals surface area contributed by atoms with E-state index in [1.165, 1.54) is 7.11 Å². The van der Waals surface area contributed by atoms with Crippen LogP contribution >= 0.6 is 23.2 Å². The predicted molar refractivity (Wildman–Crippen MR) is 90.2 cm³/mol. The van der Waals surface area contributed by atoms with E-state index >= 15 is 0 Å². The lowest BCUT2D eigenvalue weighted by Crippen LogP contribution is -2.43. The van der Waals surface area contributed by atoms with Gasteiger partial charge in [-0.15, -0.1) is 4.91 Å². The summed E-state index contributed by atoms with van der Waals surface area (Å²) in [4.78, 5) is 10.6. The maximum atomic E-state index is 10.6. The van der Waals surface area contributed by atoms with Crippen molar-refractivity contribution in [3.63, 3.8) is 0 Å². The first-order chi connectivity index (χ1) is 9.53. The fraction of sp³-hybridized carbons (Fsp3) is 0.571. The predicted octanol–water partition coefficient (Wildman–Crippen LogP) is 5.74. The van der Waals surface area contributed by atoms with Gasteiger partial charge in [0.15, 0.2) is 5.50 Å². The zero-order valence-corrected chi connectivity index (χ0v) is 15.7. The molecule has 0 spiro atoms. The van der Waals surface area contributed by atoms with Crippen LogP contribution in [0.15, 0.2) is 17.3 Å². The van der Waals surface area contributed by atoms with E-state index in [2.05, 4.69) is 39.0 Å². The quantitative estimate of drug-likeness (QED) is 0.295. The third-order valence-electron chi connectivity index (χ3n) is 3.80. The van der Waals surface area contributed by atoms with E-state index in [9.17, 15) is 4.91 Å². The van der Waals surface area contributed by atoms with Crippen LogP contribution in [0.4, 0.5) is 0 Å². The highest BCUT2D eigenvalue weighted by Gasteiger charge is 2.39. The van der Waals surface area contributed by atoms with Crippen molar-refractivity contribution in [3.05, 3.63) is 27.6 Å². The van der Waals surface area contributed by atoms with Crippen LogP contribution in [0, 0.1) is 4.91 Å². The van der Waals surface area contributed by atoms with E-state index in [1.54, 1.807) is 12.1 Å². The maximum absolute atomic E-state index is 10.6. The van der Waals surface area contributed by atoms with E-state index in [0.717, 1.165) is 0 Å². The zero-order chi connectivity index (χ0) is 16.4. The molecule has 1 unspecified atom stereocenters. The molecule has 1 aromatic rings. The number of nitrogens with zero attached hydrogens (tertiary/aromatic N) is 1. The number of nitroso groups, excluding NO2 is 1. The summed E-state index contributed by atoms with van der Waals surface area (Å²) in [5.74, 6) is 0.978. The highest BCUT2D eigenvalue weighted by molar-refractivity contribution is 6.74. The third kappa shape index (κ3) is 4.11. The average Bonchev–Trinajstić information content (AvgIpc) is 2.38. The fourth-order valence-electron chi connectivity index (χ4n) is 1.48. The molecule has 0 aromatic heterocycles. The monoisotopic (exact) mass is 349 g/mol. The zero-order valence-electron chi connectivity index (χ0n) is 13.2. The molecule has 118 valence electrons. The molecule has 0 saturated heterocycles. The van der Waals surface area contributed by atoms with Crippen molar-refractivity contribution in [2.45, 2.75) is 44.4 Å². The molecule has 0 aliphatic carbocycles. The molecule has 4 nitrogen and oxygen atoms in total. The number of ether oxygens (including phenoxy) is 1. The number of alkyl halides is 1. The van der Waals surface area contributed by atoms with Crippen molar-refractivity contribution < 1.29 is 9.16 Å². The van der Waals surface area contributed by atoms with Gasteiger partial charge < -0.3 is 9.16 Å². The minimum atomic E-state index is -2.02. The van der Waals surface area contributed by atoms with Gasteiger partial charge in [0.2, 0.25) is 0 Å². The molecule has 0 fully saturated rings. The minimum Gasteiger partial charge on any atom is -0.542 e. The van der Waals surface area contributed by atoms with Crippen molar-refractivity contribution in [3.8, 4) is 11.5 Å². The number of halogens is 2. The summed E-state index contributed by atoms with van der Waals surface area (Å²) in [6.45, 7) is 10.7. The molecule has 0 radical (unpaired) electrons. The van der Waals surface area contributed by atoms with Crippen LogP contribution in [-0.2, 0) is 0 Å². The van der Waals surface area contributed by atoms with Crippen molar-refractivity contribution in [2.24, 2.45) is 5.18 Å². The smallest absolute Gasteiger partial charge is 0.250 e. The molecular formula is C14H21Cl2NO3Si. The maximum Gasteiger partial charge on any atom is 0.250 e. The second kappa shape index (κ2) is 6.54. The Morgan fingerprint density at radius 1 is 1.24 bits per heavy atom. The van der Waals surface area contributed by atoms with Crippen LogP contribution in [0.2, 0.25) is 23.2 Å². The Morgan fingerprint density at radius 3 is 2.24 bits per heavy atom. The van der Waals surface area contributed by atoms with Crippen molar-refractivity contribution >= 4 is 31.5 Å². The van der Waals surface area contributed by atoms with Crippen molar-refractivity contribution in [1.29, 1.82) is 0 Å². The van der Waals surface area contributed by atoms with Gasteiger partial charge in [0.25, 0.3) is 8.32 Å². The molecular weight excluding hydrogens is 329 g/mol.